The normalized spacial score (nSPS) is 10.6. The molecule has 4 heteroatoms. The van der Waals surface area contributed by atoms with Crippen molar-refractivity contribution in [2.75, 3.05) is 12.4 Å². The summed E-state index contributed by atoms with van der Waals surface area (Å²) in [6, 6.07) is 15.8. The van der Waals surface area contributed by atoms with Crippen LogP contribution in [0.3, 0.4) is 0 Å². The number of nitrogens with zero attached hydrogens (tertiary/aromatic N) is 1. The molecule has 0 saturated carbocycles. The summed E-state index contributed by atoms with van der Waals surface area (Å²) < 4.78 is 4.82. The number of carbonyl (C=O) groups excluding carboxylic acids is 1. The van der Waals surface area contributed by atoms with E-state index >= 15 is 0 Å². The van der Waals surface area contributed by atoms with Crippen LogP contribution < -0.4 is 5.32 Å². The number of rotatable bonds is 3. The van der Waals surface area contributed by atoms with Gasteiger partial charge in [-0.1, -0.05) is 35.9 Å². The number of anilines is 2. The summed E-state index contributed by atoms with van der Waals surface area (Å²) in [6.45, 7) is 4.02. The van der Waals surface area contributed by atoms with Gasteiger partial charge in [0.05, 0.1) is 18.3 Å². The molecule has 0 aliphatic rings. The molecular weight excluding hydrogens is 288 g/mol. The zero-order valence-electron chi connectivity index (χ0n) is 13.4. The number of aromatic nitrogens is 1. The Hall–Kier alpha value is -2.88. The van der Waals surface area contributed by atoms with Crippen molar-refractivity contribution in [2.24, 2.45) is 0 Å². The molecule has 0 bridgehead atoms. The van der Waals surface area contributed by atoms with E-state index in [1.165, 1.54) is 12.7 Å². The predicted octanol–water partition coefficient (Wildman–Crippen LogP) is 4.38. The van der Waals surface area contributed by atoms with Crippen LogP contribution in [0.2, 0.25) is 0 Å². The molecular formula is C19H18N2O2. The number of methoxy groups -OCH3 is 1. The first-order valence-corrected chi connectivity index (χ1v) is 7.41. The first-order chi connectivity index (χ1) is 11.1. The van der Waals surface area contributed by atoms with Gasteiger partial charge in [0.1, 0.15) is 0 Å². The molecule has 0 aliphatic carbocycles. The minimum Gasteiger partial charge on any atom is -0.464 e. The van der Waals surface area contributed by atoms with Crippen molar-refractivity contribution in [3.8, 4) is 0 Å². The molecule has 0 spiro atoms. The van der Waals surface area contributed by atoms with Gasteiger partial charge in [0.2, 0.25) is 0 Å². The Morgan fingerprint density at radius 2 is 1.83 bits per heavy atom. The number of ether oxygens (including phenoxy) is 1. The molecule has 1 heterocycles. The number of aryl methyl sites for hydroxylation is 2. The Labute approximate surface area is 135 Å². The van der Waals surface area contributed by atoms with Crippen LogP contribution in [0.25, 0.3) is 10.9 Å². The summed E-state index contributed by atoms with van der Waals surface area (Å²) in [6.07, 6.45) is 0. The highest BCUT2D eigenvalue weighted by Gasteiger charge is 2.13. The molecule has 3 rings (SSSR count). The SMILES string of the molecule is COC(=O)c1cc(Nc2ccc(C)cc2)c2cccc(C)c2n1. The highest BCUT2D eigenvalue weighted by Crippen LogP contribution is 2.28. The molecule has 2 aromatic carbocycles. The first-order valence-electron chi connectivity index (χ1n) is 7.41. The van der Waals surface area contributed by atoms with Gasteiger partial charge in [-0.2, -0.15) is 0 Å². The molecule has 1 aromatic heterocycles. The van der Waals surface area contributed by atoms with Crippen LogP contribution in [0.15, 0.2) is 48.5 Å². The van der Waals surface area contributed by atoms with Crippen LogP contribution in [0.1, 0.15) is 21.6 Å². The molecule has 0 atom stereocenters. The average Bonchev–Trinajstić information content (AvgIpc) is 2.57. The van der Waals surface area contributed by atoms with Gasteiger partial charge >= 0.3 is 5.97 Å². The van der Waals surface area contributed by atoms with Gasteiger partial charge in [-0.25, -0.2) is 9.78 Å². The number of fused-ring (bicyclic) bond motifs is 1. The lowest BCUT2D eigenvalue weighted by Crippen LogP contribution is -2.06. The third-order valence-corrected chi connectivity index (χ3v) is 3.77. The monoisotopic (exact) mass is 306 g/mol. The minimum atomic E-state index is -0.442. The van der Waals surface area contributed by atoms with E-state index in [9.17, 15) is 4.79 Å². The van der Waals surface area contributed by atoms with Crippen LogP contribution >= 0.6 is 0 Å². The molecule has 0 aliphatic heterocycles. The topological polar surface area (TPSA) is 51.2 Å². The fraction of sp³-hybridized carbons (Fsp3) is 0.158. The molecule has 0 amide bonds. The molecule has 4 nitrogen and oxygen atoms in total. The van der Waals surface area contributed by atoms with E-state index in [-0.39, 0.29) is 0 Å². The summed E-state index contributed by atoms with van der Waals surface area (Å²) in [4.78, 5) is 16.4. The number of hydrogen-bond donors (Lipinski definition) is 1. The molecule has 1 N–H and O–H groups in total. The lowest BCUT2D eigenvalue weighted by Gasteiger charge is -2.13. The van der Waals surface area contributed by atoms with Crippen LogP contribution in [-0.2, 0) is 4.74 Å². The number of nitrogens with one attached hydrogen (secondary N) is 1. The van der Waals surface area contributed by atoms with Crippen LogP contribution in [0, 0.1) is 13.8 Å². The number of carbonyl (C=O) groups is 1. The van der Waals surface area contributed by atoms with Crippen molar-refractivity contribution >= 4 is 28.2 Å². The number of esters is 1. The van der Waals surface area contributed by atoms with E-state index < -0.39 is 5.97 Å². The lowest BCUT2D eigenvalue weighted by atomic mass is 10.1. The van der Waals surface area contributed by atoms with Gasteiger partial charge in [-0.05, 0) is 37.6 Å². The summed E-state index contributed by atoms with van der Waals surface area (Å²) in [7, 11) is 1.36. The summed E-state index contributed by atoms with van der Waals surface area (Å²) in [5.41, 5.74) is 5.10. The van der Waals surface area contributed by atoms with Crippen LogP contribution in [0.4, 0.5) is 11.4 Å². The van der Waals surface area contributed by atoms with Gasteiger partial charge in [0.15, 0.2) is 5.69 Å². The van der Waals surface area contributed by atoms with E-state index in [0.29, 0.717) is 5.69 Å². The Morgan fingerprint density at radius 1 is 1.09 bits per heavy atom. The molecule has 116 valence electrons. The van der Waals surface area contributed by atoms with Crippen molar-refractivity contribution in [3.05, 3.63) is 65.4 Å². The first kappa shape index (κ1) is 15.0. The molecule has 3 aromatic rings. The van der Waals surface area contributed by atoms with Gasteiger partial charge < -0.3 is 10.1 Å². The Bertz CT molecular complexity index is 870. The second-order valence-electron chi connectivity index (χ2n) is 5.51. The fourth-order valence-electron chi connectivity index (χ4n) is 2.50. The largest absolute Gasteiger partial charge is 0.464 e. The van der Waals surface area contributed by atoms with E-state index in [4.69, 9.17) is 4.74 Å². The number of hydrogen-bond acceptors (Lipinski definition) is 4. The van der Waals surface area contributed by atoms with E-state index in [1.807, 2.05) is 56.3 Å². The quantitative estimate of drug-likeness (QED) is 0.729. The molecule has 0 fully saturated rings. The van der Waals surface area contributed by atoms with Gasteiger partial charge in [0, 0.05) is 11.1 Å². The average molecular weight is 306 g/mol. The third-order valence-electron chi connectivity index (χ3n) is 3.77. The molecule has 0 radical (unpaired) electrons. The highest BCUT2D eigenvalue weighted by atomic mass is 16.5. The van der Waals surface area contributed by atoms with Gasteiger partial charge in [0.25, 0.3) is 0 Å². The zero-order valence-corrected chi connectivity index (χ0v) is 13.4. The Morgan fingerprint density at radius 3 is 2.52 bits per heavy atom. The smallest absolute Gasteiger partial charge is 0.356 e. The predicted molar refractivity (Wildman–Crippen MR) is 92.3 cm³/mol. The molecule has 23 heavy (non-hydrogen) atoms. The van der Waals surface area contributed by atoms with E-state index in [2.05, 4.69) is 10.3 Å². The summed E-state index contributed by atoms with van der Waals surface area (Å²) in [5, 5.41) is 4.34. The maximum absolute atomic E-state index is 11.9. The van der Waals surface area contributed by atoms with Crippen molar-refractivity contribution in [1.82, 2.24) is 4.98 Å². The summed E-state index contributed by atoms with van der Waals surface area (Å²) in [5.74, 6) is -0.442. The Kier molecular flexibility index (Phi) is 3.98. The van der Waals surface area contributed by atoms with Crippen molar-refractivity contribution in [2.45, 2.75) is 13.8 Å². The summed E-state index contributed by atoms with van der Waals surface area (Å²) >= 11 is 0. The highest BCUT2D eigenvalue weighted by molar-refractivity contribution is 5.99. The second kappa shape index (κ2) is 6.08. The van der Waals surface area contributed by atoms with Crippen LogP contribution in [-0.4, -0.2) is 18.1 Å². The van der Waals surface area contributed by atoms with Crippen LogP contribution in [0.5, 0.6) is 0 Å². The number of benzene rings is 2. The number of para-hydroxylation sites is 1. The van der Waals surface area contributed by atoms with E-state index in [1.54, 1.807) is 6.07 Å². The van der Waals surface area contributed by atoms with Gasteiger partial charge in [-0.15, -0.1) is 0 Å². The lowest BCUT2D eigenvalue weighted by molar-refractivity contribution is 0.0594. The number of pyridine rings is 1. The molecule has 0 unspecified atom stereocenters. The second-order valence-corrected chi connectivity index (χ2v) is 5.51. The van der Waals surface area contributed by atoms with Crippen molar-refractivity contribution in [3.63, 3.8) is 0 Å². The van der Waals surface area contributed by atoms with Crippen molar-refractivity contribution < 1.29 is 9.53 Å². The van der Waals surface area contributed by atoms with Gasteiger partial charge in [-0.3, -0.25) is 0 Å². The maximum atomic E-state index is 11.9. The van der Waals surface area contributed by atoms with E-state index in [0.717, 1.165) is 27.8 Å². The Balaban J connectivity index is 2.15. The minimum absolute atomic E-state index is 0.295. The van der Waals surface area contributed by atoms with Crippen molar-refractivity contribution in [1.29, 1.82) is 0 Å². The standard InChI is InChI=1S/C19H18N2O2/c1-12-7-9-14(10-8-12)20-16-11-17(19(22)23-3)21-18-13(2)5-4-6-15(16)18/h4-11H,1-3H3,(H,20,21). The zero-order chi connectivity index (χ0) is 16.4. The maximum Gasteiger partial charge on any atom is 0.356 e. The fourth-order valence-corrected chi connectivity index (χ4v) is 2.50. The molecule has 0 saturated heterocycles. The third kappa shape index (κ3) is 3.01.